The van der Waals surface area contributed by atoms with Crippen LogP contribution < -0.4 is 11.1 Å². The van der Waals surface area contributed by atoms with Crippen LogP contribution in [0.2, 0.25) is 0 Å². The molecule has 0 bridgehead atoms. The van der Waals surface area contributed by atoms with Gasteiger partial charge in [0.2, 0.25) is 5.91 Å². The largest absolute Gasteiger partial charge is 0.394 e. The van der Waals surface area contributed by atoms with Crippen LogP contribution in [0.1, 0.15) is 13.3 Å². The summed E-state index contributed by atoms with van der Waals surface area (Å²) in [5.74, 6) is -1.91. The third-order valence-electron chi connectivity index (χ3n) is 3.29. The molecule has 118 valence electrons. The monoisotopic (exact) mass is 297 g/mol. The van der Waals surface area contributed by atoms with E-state index in [1.165, 1.54) is 4.90 Å². The van der Waals surface area contributed by atoms with Gasteiger partial charge in [0, 0.05) is 26.2 Å². The van der Waals surface area contributed by atoms with E-state index in [0.717, 1.165) is 6.42 Å². The molecule has 1 aliphatic heterocycles. The zero-order valence-electron chi connectivity index (χ0n) is 11.6. The number of amides is 1. The summed E-state index contributed by atoms with van der Waals surface area (Å²) >= 11 is 0. The van der Waals surface area contributed by atoms with Crippen LogP contribution in [-0.4, -0.2) is 62.4 Å². The summed E-state index contributed by atoms with van der Waals surface area (Å²) in [7, 11) is 0. The molecule has 0 aromatic carbocycles. The number of carbonyl (C=O) groups is 1. The van der Waals surface area contributed by atoms with Crippen molar-refractivity contribution in [1.29, 1.82) is 0 Å². The number of morpholine rings is 1. The summed E-state index contributed by atoms with van der Waals surface area (Å²) in [4.78, 5) is 13.5. The fourth-order valence-corrected chi connectivity index (χ4v) is 2.06. The van der Waals surface area contributed by atoms with Crippen LogP contribution >= 0.6 is 0 Å². The number of nitrogens with one attached hydrogen (secondary N) is 1. The van der Waals surface area contributed by atoms with Gasteiger partial charge >= 0.3 is 6.18 Å². The van der Waals surface area contributed by atoms with E-state index >= 15 is 0 Å². The van der Waals surface area contributed by atoms with Gasteiger partial charge < -0.3 is 15.8 Å². The lowest BCUT2D eigenvalue weighted by Gasteiger charge is -2.36. The first-order chi connectivity index (χ1) is 9.40. The summed E-state index contributed by atoms with van der Waals surface area (Å²) in [5, 5.41) is 2.69. The van der Waals surface area contributed by atoms with E-state index in [1.807, 2.05) is 6.92 Å². The van der Waals surface area contributed by atoms with Gasteiger partial charge in [-0.25, -0.2) is 0 Å². The van der Waals surface area contributed by atoms with Crippen molar-refractivity contribution in [1.82, 2.24) is 10.2 Å². The Bertz CT molecular complexity index is 313. The number of rotatable bonds is 6. The van der Waals surface area contributed by atoms with E-state index < -0.39 is 24.7 Å². The summed E-state index contributed by atoms with van der Waals surface area (Å²) in [6.07, 6.45) is -3.58. The normalized spacial score (nSPS) is 22.6. The summed E-state index contributed by atoms with van der Waals surface area (Å²) in [6, 6.07) is -0.674. The Morgan fingerprint density at radius 2 is 2.25 bits per heavy atom. The van der Waals surface area contributed by atoms with Crippen molar-refractivity contribution >= 4 is 5.91 Å². The predicted molar refractivity (Wildman–Crippen MR) is 68.1 cm³/mol. The zero-order valence-corrected chi connectivity index (χ0v) is 11.6. The molecule has 1 heterocycles. The van der Waals surface area contributed by atoms with Gasteiger partial charge in [0.05, 0.1) is 19.1 Å². The van der Waals surface area contributed by atoms with Gasteiger partial charge in [-0.3, -0.25) is 9.69 Å². The molecule has 0 aromatic rings. The summed E-state index contributed by atoms with van der Waals surface area (Å²) in [6.45, 7) is 2.40. The highest BCUT2D eigenvalue weighted by atomic mass is 19.4. The Morgan fingerprint density at radius 1 is 1.55 bits per heavy atom. The highest BCUT2D eigenvalue weighted by Crippen LogP contribution is 2.27. The molecular formula is C12H22F3N3O2. The fourth-order valence-electron chi connectivity index (χ4n) is 2.06. The molecular weight excluding hydrogens is 275 g/mol. The van der Waals surface area contributed by atoms with Crippen LogP contribution in [0.3, 0.4) is 0 Å². The number of ether oxygens (including phenoxy) is 1. The Morgan fingerprint density at radius 3 is 2.80 bits per heavy atom. The Kier molecular flexibility index (Phi) is 6.70. The Balaban J connectivity index is 2.66. The molecule has 0 aromatic heterocycles. The SMILES string of the molecule is CCCNC(=O)C1COCCN1CC(CN)C(F)(F)F. The second-order valence-electron chi connectivity index (χ2n) is 4.85. The van der Waals surface area contributed by atoms with Crippen LogP contribution in [0.25, 0.3) is 0 Å². The lowest BCUT2D eigenvalue weighted by molar-refractivity contribution is -0.182. The maximum Gasteiger partial charge on any atom is 0.394 e. The molecule has 1 aliphatic rings. The van der Waals surface area contributed by atoms with E-state index in [1.54, 1.807) is 0 Å². The van der Waals surface area contributed by atoms with Crippen molar-refractivity contribution in [3.8, 4) is 0 Å². The topological polar surface area (TPSA) is 67.6 Å². The van der Waals surface area contributed by atoms with E-state index in [4.69, 9.17) is 10.5 Å². The molecule has 2 unspecified atom stereocenters. The molecule has 2 atom stereocenters. The van der Waals surface area contributed by atoms with E-state index in [9.17, 15) is 18.0 Å². The van der Waals surface area contributed by atoms with E-state index in [-0.39, 0.29) is 19.1 Å². The smallest absolute Gasteiger partial charge is 0.378 e. The Hall–Kier alpha value is -0.860. The quantitative estimate of drug-likeness (QED) is 0.742. The minimum absolute atomic E-state index is 0.116. The number of alkyl halides is 3. The minimum atomic E-state index is -4.35. The van der Waals surface area contributed by atoms with Crippen molar-refractivity contribution < 1.29 is 22.7 Å². The molecule has 0 saturated carbocycles. The van der Waals surface area contributed by atoms with Crippen molar-refractivity contribution in [3.63, 3.8) is 0 Å². The maximum absolute atomic E-state index is 12.8. The predicted octanol–water partition coefficient (Wildman–Crippen LogP) is 0.351. The number of carbonyl (C=O) groups excluding carboxylic acids is 1. The lowest BCUT2D eigenvalue weighted by atomic mass is 10.1. The van der Waals surface area contributed by atoms with Gasteiger partial charge in [-0.1, -0.05) is 6.92 Å². The third-order valence-corrected chi connectivity index (χ3v) is 3.29. The van der Waals surface area contributed by atoms with Crippen LogP contribution in [0.4, 0.5) is 13.2 Å². The standard InChI is InChI=1S/C12H22F3N3O2/c1-2-3-17-11(19)10-8-20-5-4-18(10)7-9(6-16)12(13,14)15/h9-10H,2-8,16H2,1H3,(H,17,19). The van der Waals surface area contributed by atoms with Gasteiger partial charge in [0.25, 0.3) is 0 Å². The average molecular weight is 297 g/mol. The van der Waals surface area contributed by atoms with Crippen LogP contribution in [-0.2, 0) is 9.53 Å². The van der Waals surface area contributed by atoms with Crippen LogP contribution in [0.15, 0.2) is 0 Å². The first kappa shape index (κ1) is 17.2. The van der Waals surface area contributed by atoms with Crippen LogP contribution in [0.5, 0.6) is 0 Å². The average Bonchev–Trinajstić information content (AvgIpc) is 2.41. The van der Waals surface area contributed by atoms with Gasteiger partial charge in [0.15, 0.2) is 0 Å². The molecule has 1 saturated heterocycles. The molecule has 1 rings (SSSR count). The summed E-state index contributed by atoms with van der Waals surface area (Å²) in [5.41, 5.74) is 5.20. The van der Waals surface area contributed by atoms with Gasteiger partial charge in [0.1, 0.15) is 6.04 Å². The molecule has 0 radical (unpaired) electrons. The first-order valence-electron chi connectivity index (χ1n) is 6.76. The van der Waals surface area contributed by atoms with Crippen molar-refractivity contribution in [2.75, 3.05) is 39.4 Å². The molecule has 0 spiro atoms. The van der Waals surface area contributed by atoms with Crippen LogP contribution in [0, 0.1) is 5.92 Å². The first-order valence-corrected chi connectivity index (χ1v) is 6.76. The molecule has 8 heteroatoms. The lowest BCUT2D eigenvalue weighted by Crippen LogP contribution is -2.56. The second kappa shape index (κ2) is 7.80. The second-order valence-corrected chi connectivity index (χ2v) is 4.85. The Labute approximate surface area is 116 Å². The molecule has 5 nitrogen and oxygen atoms in total. The van der Waals surface area contributed by atoms with Gasteiger partial charge in [-0.2, -0.15) is 13.2 Å². The zero-order chi connectivity index (χ0) is 15.2. The van der Waals surface area contributed by atoms with Gasteiger partial charge in [-0.05, 0) is 6.42 Å². The third kappa shape index (κ3) is 4.92. The number of nitrogens with two attached hydrogens (primary N) is 1. The number of hydrogen-bond acceptors (Lipinski definition) is 4. The molecule has 3 N–H and O–H groups in total. The van der Waals surface area contributed by atoms with Crippen molar-refractivity contribution in [2.45, 2.75) is 25.6 Å². The van der Waals surface area contributed by atoms with Crippen molar-refractivity contribution in [2.24, 2.45) is 11.7 Å². The molecule has 1 amide bonds. The molecule has 0 aliphatic carbocycles. The van der Waals surface area contributed by atoms with E-state index in [0.29, 0.717) is 19.7 Å². The summed E-state index contributed by atoms with van der Waals surface area (Å²) < 4.78 is 43.5. The van der Waals surface area contributed by atoms with Crippen molar-refractivity contribution in [3.05, 3.63) is 0 Å². The fraction of sp³-hybridized carbons (Fsp3) is 0.917. The van der Waals surface area contributed by atoms with Gasteiger partial charge in [-0.15, -0.1) is 0 Å². The molecule has 1 fully saturated rings. The number of halogens is 3. The minimum Gasteiger partial charge on any atom is -0.378 e. The maximum atomic E-state index is 12.8. The molecule has 20 heavy (non-hydrogen) atoms. The van der Waals surface area contributed by atoms with E-state index in [2.05, 4.69) is 5.32 Å². The highest BCUT2D eigenvalue weighted by Gasteiger charge is 2.41. The number of hydrogen-bond donors (Lipinski definition) is 2. The highest BCUT2D eigenvalue weighted by molar-refractivity contribution is 5.82. The number of nitrogens with zero attached hydrogens (tertiary/aromatic N) is 1.